The van der Waals surface area contributed by atoms with Crippen molar-refractivity contribution in [3.63, 3.8) is 0 Å². The van der Waals surface area contributed by atoms with Gasteiger partial charge in [-0.15, -0.1) is 0 Å². The molecule has 4 heteroatoms. The number of hydrogen-bond donors (Lipinski definition) is 1. The number of nitrogens with one attached hydrogen (secondary N) is 1. The summed E-state index contributed by atoms with van der Waals surface area (Å²) in [7, 11) is 0. The van der Waals surface area contributed by atoms with Crippen LogP contribution < -0.4 is 10.1 Å². The van der Waals surface area contributed by atoms with Gasteiger partial charge in [0.1, 0.15) is 17.4 Å². The second-order valence-electron chi connectivity index (χ2n) is 5.14. The molecule has 0 bridgehead atoms. The highest BCUT2D eigenvalue weighted by Gasteiger charge is 2.26. The summed E-state index contributed by atoms with van der Waals surface area (Å²) in [5.74, 6) is -0.0330. The Kier molecular flexibility index (Phi) is 3.20. The largest absolute Gasteiger partial charge is 0.492 e. The van der Waals surface area contributed by atoms with Crippen molar-refractivity contribution < 1.29 is 13.5 Å². The van der Waals surface area contributed by atoms with E-state index in [1.165, 1.54) is 0 Å². The molecule has 98 valence electrons. The Labute approximate surface area is 105 Å². The van der Waals surface area contributed by atoms with Gasteiger partial charge in [-0.05, 0) is 38.3 Å². The molecule has 2 nitrogen and oxygen atoms in total. The third kappa shape index (κ3) is 2.09. The van der Waals surface area contributed by atoms with E-state index in [2.05, 4.69) is 5.32 Å². The van der Waals surface area contributed by atoms with Gasteiger partial charge in [-0.2, -0.15) is 0 Å². The van der Waals surface area contributed by atoms with E-state index in [4.69, 9.17) is 4.74 Å². The predicted molar refractivity (Wildman–Crippen MR) is 64.9 cm³/mol. The van der Waals surface area contributed by atoms with Gasteiger partial charge in [0, 0.05) is 23.6 Å². The topological polar surface area (TPSA) is 21.3 Å². The molecule has 0 amide bonds. The highest BCUT2D eigenvalue weighted by Crippen LogP contribution is 2.35. The molecule has 0 saturated carbocycles. The Morgan fingerprint density at radius 2 is 2.22 bits per heavy atom. The molecule has 1 aromatic carbocycles. The number of halogens is 2. The Hall–Kier alpha value is -1.16. The molecule has 2 aliphatic heterocycles. The fourth-order valence-electron chi connectivity index (χ4n) is 2.92. The van der Waals surface area contributed by atoms with Crippen molar-refractivity contribution >= 4 is 0 Å². The zero-order chi connectivity index (χ0) is 12.5. The van der Waals surface area contributed by atoms with E-state index >= 15 is 0 Å². The molecule has 3 rings (SSSR count). The van der Waals surface area contributed by atoms with Crippen molar-refractivity contribution in [3.05, 3.63) is 28.8 Å². The Morgan fingerprint density at radius 3 is 3.00 bits per heavy atom. The average Bonchev–Trinajstić information content (AvgIpc) is 2.85. The lowest BCUT2D eigenvalue weighted by molar-refractivity contribution is 0.336. The van der Waals surface area contributed by atoms with Crippen molar-refractivity contribution in [2.75, 3.05) is 19.7 Å². The maximum absolute atomic E-state index is 13.9. The van der Waals surface area contributed by atoms with Crippen LogP contribution in [0.5, 0.6) is 5.75 Å². The van der Waals surface area contributed by atoms with Gasteiger partial charge in [0.05, 0.1) is 6.61 Å². The van der Waals surface area contributed by atoms with Gasteiger partial charge in [-0.25, -0.2) is 8.78 Å². The smallest absolute Gasteiger partial charge is 0.133 e. The van der Waals surface area contributed by atoms with Crippen LogP contribution in [0.1, 0.15) is 24.0 Å². The molecule has 1 saturated heterocycles. The first-order valence-electron chi connectivity index (χ1n) is 6.59. The number of hydrogen-bond acceptors (Lipinski definition) is 2. The van der Waals surface area contributed by atoms with Gasteiger partial charge in [0.15, 0.2) is 0 Å². The van der Waals surface area contributed by atoms with Gasteiger partial charge in [0.25, 0.3) is 0 Å². The standard InChI is InChI=1S/C14H17F2NO/c15-12-7-13(16)11(14-10(12)3-5-18-14)6-9-2-1-4-17-8-9/h7,9,17H,1-6,8H2. The van der Waals surface area contributed by atoms with Crippen LogP contribution in [0, 0.1) is 17.6 Å². The van der Waals surface area contributed by atoms with E-state index < -0.39 is 11.6 Å². The first-order valence-corrected chi connectivity index (χ1v) is 6.59. The maximum Gasteiger partial charge on any atom is 0.133 e. The molecule has 2 aliphatic rings. The van der Waals surface area contributed by atoms with Crippen molar-refractivity contribution in [3.8, 4) is 5.75 Å². The second-order valence-corrected chi connectivity index (χ2v) is 5.14. The number of rotatable bonds is 2. The zero-order valence-electron chi connectivity index (χ0n) is 10.3. The molecule has 18 heavy (non-hydrogen) atoms. The normalized spacial score (nSPS) is 22.7. The number of benzene rings is 1. The highest BCUT2D eigenvalue weighted by atomic mass is 19.1. The fourth-order valence-corrected chi connectivity index (χ4v) is 2.92. The van der Waals surface area contributed by atoms with Gasteiger partial charge in [-0.1, -0.05) is 0 Å². The van der Waals surface area contributed by atoms with Gasteiger partial charge >= 0.3 is 0 Å². The van der Waals surface area contributed by atoms with Crippen LogP contribution >= 0.6 is 0 Å². The number of ether oxygens (including phenoxy) is 1. The summed E-state index contributed by atoms with van der Waals surface area (Å²) in [5.41, 5.74) is 1.12. The molecule has 1 N–H and O–H groups in total. The Bertz CT molecular complexity index is 456. The zero-order valence-corrected chi connectivity index (χ0v) is 10.3. The van der Waals surface area contributed by atoms with Crippen LogP contribution in [0.15, 0.2) is 6.07 Å². The molecule has 1 fully saturated rings. The van der Waals surface area contributed by atoms with Crippen LogP contribution in [-0.4, -0.2) is 19.7 Å². The molecule has 0 aliphatic carbocycles. The first-order chi connectivity index (χ1) is 8.75. The summed E-state index contributed by atoms with van der Waals surface area (Å²) in [4.78, 5) is 0. The first kappa shape index (κ1) is 11.9. The fraction of sp³-hybridized carbons (Fsp3) is 0.571. The third-order valence-corrected chi connectivity index (χ3v) is 3.87. The number of piperidine rings is 1. The molecule has 0 aromatic heterocycles. The van der Waals surface area contributed by atoms with E-state index in [9.17, 15) is 8.78 Å². The van der Waals surface area contributed by atoms with E-state index in [1.54, 1.807) is 0 Å². The summed E-state index contributed by atoms with van der Waals surface area (Å²) in [6, 6.07) is 1.01. The molecule has 0 spiro atoms. The summed E-state index contributed by atoms with van der Waals surface area (Å²) in [5, 5.41) is 3.32. The van der Waals surface area contributed by atoms with Crippen LogP contribution in [0.25, 0.3) is 0 Å². The second kappa shape index (κ2) is 4.84. The van der Waals surface area contributed by atoms with Crippen LogP contribution in [0.4, 0.5) is 8.78 Å². The van der Waals surface area contributed by atoms with Crippen molar-refractivity contribution in [2.45, 2.75) is 25.7 Å². The van der Waals surface area contributed by atoms with E-state index in [-0.39, 0.29) is 0 Å². The van der Waals surface area contributed by atoms with Crippen molar-refractivity contribution in [1.29, 1.82) is 0 Å². The maximum atomic E-state index is 13.9. The minimum Gasteiger partial charge on any atom is -0.492 e. The molecule has 0 radical (unpaired) electrons. The Balaban J connectivity index is 1.89. The monoisotopic (exact) mass is 253 g/mol. The summed E-state index contributed by atoms with van der Waals surface area (Å²) in [6.45, 7) is 2.41. The van der Waals surface area contributed by atoms with E-state index in [1.807, 2.05) is 0 Å². The molecular formula is C14H17F2NO. The van der Waals surface area contributed by atoms with Crippen LogP contribution in [0.2, 0.25) is 0 Å². The Morgan fingerprint density at radius 1 is 1.33 bits per heavy atom. The highest BCUT2D eigenvalue weighted by molar-refractivity contribution is 5.46. The lowest BCUT2D eigenvalue weighted by Crippen LogP contribution is -2.31. The molecule has 1 atom stereocenters. The minimum absolute atomic E-state index is 0.423. The summed E-state index contributed by atoms with van der Waals surface area (Å²) >= 11 is 0. The summed E-state index contributed by atoms with van der Waals surface area (Å²) in [6.07, 6.45) is 3.41. The van der Waals surface area contributed by atoms with Gasteiger partial charge in [-0.3, -0.25) is 0 Å². The van der Waals surface area contributed by atoms with E-state index in [0.717, 1.165) is 32.0 Å². The van der Waals surface area contributed by atoms with Crippen LogP contribution in [0.3, 0.4) is 0 Å². The quantitative estimate of drug-likeness (QED) is 0.874. The predicted octanol–water partition coefficient (Wildman–Crippen LogP) is 2.44. The minimum atomic E-state index is -0.467. The van der Waals surface area contributed by atoms with Gasteiger partial charge < -0.3 is 10.1 Å². The van der Waals surface area contributed by atoms with Crippen molar-refractivity contribution in [2.24, 2.45) is 5.92 Å². The van der Waals surface area contributed by atoms with Crippen LogP contribution in [-0.2, 0) is 12.8 Å². The van der Waals surface area contributed by atoms with E-state index in [0.29, 0.717) is 42.2 Å². The average molecular weight is 253 g/mol. The molecule has 1 aromatic rings. The third-order valence-electron chi connectivity index (χ3n) is 3.87. The molecule has 2 heterocycles. The van der Waals surface area contributed by atoms with Crippen molar-refractivity contribution in [1.82, 2.24) is 5.32 Å². The molecule has 1 unspecified atom stereocenters. The lowest BCUT2D eigenvalue weighted by atomic mass is 9.90. The summed E-state index contributed by atoms with van der Waals surface area (Å²) < 4.78 is 32.9. The van der Waals surface area contributed by atoms with Gasteiger partial charge in [0.2, 0.25) is 0 Å². The number of fused-ring (bicyclic) bond motifs is 1. The molecular weight excluding hydrogens is 236 g/mol. The SMILES string of the molecule is Fc1cc(F)c(CC2CCCNC2)c2c1CCO2. The lowest BCUT2D eigenvalue weighted by Gasteiger charge is -2.23.